The highest BCUT2D eigenvalue weighted by atomic mass is 15.2. The van der Waals surface area contributed by atoms with E-state index in [1.807, 2.05) is 12.1 Å². The van der Waals surface area contributed by atoms with Crippen LogP contribution in [-0.4, -0.2) is 15.2 Å². The van der Waals surface area contributed by atoms with E-state index in [4.69, 9.17) is 5.73 Å². The van der Waals surface area contributed by atoms with Crippen LogP contribution in [0.3, 0.4) is 0 Å². The van der Waals surface area contributed by atoms with Crippen LogP contribution in [-0.2, 0) is 0 Å². The Hall–Kier alpha value is -1.58. The van der Waals surface area contributed by atoms with Crippen LogP contribution < -0.4 is 5.73 Å². The number of nitrogens with two attached hydrogens (primary N) is 1. The molecular formula is C10H14N4. The Labute approximate surface area is 82.5 Å². The molecule has 0 radical (unpaired) electrons. The van der Waals surface area contributed by atoms with Gasteiger partial charge in [0.15, 0.2) is 5.65 Å². The second-order valence-electron chi connectivity index (χ2n) is 3.55. The Morgan fingerprint density at radius 1 is 1.50 bits per heavy atom. The van der Waals surface area contributed by atoms with Crippen molar-refractivity contribution in [2.75, 3.05) is 5.73 Å². The van der Waals surface area contributed by atoms with Crippen LogP contribution in [0.15, 0.2) is 12.1 Å². The molecule has 0 bridgehead atoms. The smallest absolute Gasteiger partial charge is 0.183 e. The number of aromatic nitrogens is 3. The van der Waals surface area contributed by atoms with Crippen LogP contribution >= 0.6 is 0 Å². The van der Waals surface area contributed by atoms with Crippen molar-refractivity contribution in [2.45, 2.75) is 26.2 Å². The summed E-state index contributed by atoms with van der Waals surface area (Å²) in [5, 5.41) is 7.66. The van der Waals surface area contributed by atoms with Crippen LogP contribution in [0.5, 0.6) is 0 Å². The summed E-state index contributed by atoms with van der Waals surface area (Å²) in [4.78, 5) is 4.44. The lowest BCUT2D eigenvalue weighted by atomic mass is 10.0. The predicted molar refractivity (Wildman–Crippen MR) is 57.0 cm³/mol. The van der Waals surface area contributed by atoms with Gasteiger partial charge in [-0.05, 0) is 24.5 Å². The molecule has 0 aromatic carbocycles. The molecule has 2 rings (SSSR count). The number of nitrogen functional groups attached to an aromatic ring is 1. The third-order valence-corrected chi connectivity index (χ3v) is 2.59. The molecule has 0 amide bonds. The zero-order valence-corrected chi connectivity index (χ0v) is 8.41. The predicted octanol–water partition coefficient (Wildman–Crippen LogP) is 2.05. The number of pyridine rings is 1. The molecule has 0 fully saturated rings. The summed E-state index contributed by atoms with van der Waals surface area (Å²) in [7, 11) is 0. The number of aromatic amines is 1. The maximum atomic E-state index is 5.68. The van der Waals surface area contributed by atoms with Gasteiger partial charge in [-0.2, -0.15) is 5.10 Å². The van der Waals surface area contributed by atoms with Crippen LogP contribution in [0, 0.1) is 0 Å². The van der Waals surface area contributed by atoms with Crippen LogP contribution in [0.25, 0.3) is 11.0 Å². The van der Waals surface area contributed by atoms with Gasteiger partial charge in [0, 0.05) is 5.69 Å². The zero-order valence-electron chi connectivity index (χ0n) is 8.41. The van der Waals surface area contributed by atoms with Crippen LogP contribution in [0.4, 0.5) is 5.82 Å². The second kappa shape index (κ2) is 3.29. The molecule has 2 aromatic rings. The van der Waals surface area contributed by atoms with Gasteiger partial charge >= 0.3 is 0 Å². The second-order valence-corrected chi connectivity index (χ2v) is 3.55. The summed E-state index contributed by atoms with van der Waals surface area (Å²) >= 11 is 0. The van der Waals surface area contributed by atoms with E-state index in [-0.39, 0.29) is 0 Å². The quantitative estimate of drug-likeness (QED) is 0.761. The van der Waals surface area contributed by atoms with Crippen LogP contribution in [0.2, 0.25) is 0 Å². The lowest BCUT2D eigenvalue weighted by Gasteiger charge is -2.06. The summed E-state index contributed by atoms with van der Waals surface area (Å²) in [6, 6.07) is 3.99. The first-order valence-electron chi connectivity index (χ1n) is 4.83. The molecular weight excluding hydrogens is 176 g/mol. The van der Waals surface area contributed by atoms with Gasteiger partial charge in [-0.15, -0.1) is 0 Å². The molecule has 0 saturated heterocycles. The molecule has 4 heteroatoms. The molecule has 0 spiro atoms. The molecule has 3 N–H and O–H groups in total. The topological polar surface area (TPSA) is 67.6 Å². The number of anilines is 1. The van der Waals surface area contributed by atoms with Gasteiger partial charge < -0.3 is 5.73 Å². The van der Waals surface area contributed by atoms with Crippen molar-refractivity contribution in [2.24, 2.45) is 0 Å². The molecule has 2 heterocycles. The minimum absolute atomic E-state index is 0.470. The average Bonchev–Trinajstić information content (AvgIpc) is 2.59. The van der Waals surface area contributed by atoms with Crippen molar-refractivity contribution in [3.8, 4) is 0 Å². The molecule has 14 heavy (non-hydrogen) atoms. The Bertz CT molecular complexity index is 446. The summed E-state index contributed by atoms with van der Waals surface area (Å²) in [6.45, 7) is 4.31. The van der Waals surface area contributed by atoms with Gasteiger partial charge in [0.1, 0.15) is 5.82 Å². The highest BCUT2D eigenvalue weighted by Crippen LogP contribution is 2.21. The van der Waals surface area contributed by atoms with E-state index >= 15 is 0 Å². The zero-order chi connectivity index (χ0) is 10.1. The Kier molecular flexibility index (Phi) is 2.11. The first-order valence-corrected chi connectivity index (χ1v) is 4.83. The van der Waals surface area contributed by atoms with Gasteiger partial charge in [-0.1, -0.05) is 13.8 Å². The van der Waals surface area contributed by atoms with E-state index in [2.05, 4.69) is 29.0 Å². The normalized spacial score (nSPS) is 13.3. The molecule has 4 nitrogen and oxygen atoms in total. The van der Waals surface area contributed by atoms with Gasteiger partial charge in [-0.3, -0.25) is 5.10 Å². The van der Waals surface area contributed by atoms with Crippen molar-refractivity contribution in [3.63, 3.8) is 0 Å². The number of hydrogen-bond acceptors (Lipinski definition) is 3. The minimum atomic E-state index is 0.470. The number of H-pyrrole nitrogens is 1. The molecule has 1 atom stereocenters. The first kappa shape index (κ1) is 8.99. The number of nitrogens with zero attached hydrogens (tertiary/aromatic N) is 2. The first-order chi connectivity index (χ1) is 6.72. The molecule has 74 valence electrons. The third kappa shape index (κ3) is 1.32. The summed E-state index contributed by atoms with van der Waals surface area (Å²) in [6.07, 6.45) is 1.08. The molecule has 0 saturated carbocycles. The van der Waals surface area contributed by atoms with Crippen molar-refractivity contribution in [1.29, 1.82) is 0 Å². The fraction of sp³-hybridized carbons (Fsp3) is 0.400. The van der Waals surface area contributed by atoms with E-state index in [9.17, 15) is 0 Å². The molecule has 0 aliphatic carbocycles. The SMILES string of the molecule is CCC(C)c1ccc2c(N)[nH]nc2n1. The summed E-state index contributed by atoms with van der Waals surface area (Å²) < 4.78 is 0. The van der Waals surface area contributed by atoms with E-state index in [1.54, 1.807) is 0 Å². The lowest BCUT2D eigenvalue weighted by Crippen LogP contribution is -1.95. The maximum Gasteiger partial charge on any atom is 0.183 e. The Balaban J connectivity index is 2.52. The molecule has 0 aliphatic heterocycles. The number of hydrogen-bond donors (Lipinski definition) is 2. The molecule has 0 aliphatic rings. The maximum absolute atomic E-state index is 5.68. The number of rotatable bonds is 2. The number of fused-ring (bicyclic) bond motifs is 1. The van der Waals surface area contributed by atoms with E-state index in [1.165, 1.54) is 0 Å². The van der Waals surface area contributed by atoms with Crippen molar-refractivity contribution in [3.05, 3.63) is 17.8 Å². The van der Waals surface area contributed by atoms with E-state index in [0.29, 0.717) is 17.4 Å². The monoisotopic (exact) mass is 190 g/mol. The van der Waals surface area contributed by atoms with Gasteiger partial charge in [0.25, 0.3) is 0 Å². The van der Waals surface area contributed by atoms with Crippen molar-refractivity contribution in [1.82, 2.24) is 15.2 Å². The fourth-order valence-electron chi connectivity index (χ4n) is 1.42. The summed E-state index contributed by atoms with van der Waals surface area (Å²) in [5.41, 5.74) is 7.46. The Morgan fingerprint density at radius 3 is 3.00 bits per heavy atom. The highest BCUT2D eigenvalue weighted by Gasteiger charge is 2.08. The fourth-order valence-corrected chi connectivity index (χ4v) is 1.42. The lowest BCUT2D eigenvalue weighted by molar-refractivity contribution is 0.711. The Morgan fingerprint density at radius 2 is 2.29 bits per heavy atom. The summed E-state index contributed by atoms with van der Waals surface area (Å²) in [5.74, 6) is 1.06. The van der Waals surface area contributed by atoms with Gasteiger partial charge in [-0.25, -0.2) is 4.98 Å². The van der Waals surface area contributed by atoms with Gasteiger partial charge in [0.05, 0.1) is 5.39 Å². The van der Waals surface area contributed by atoms with E-state index in [0.717, 1.165) is 17.5 Å². The third-order valence-electron chi connectivity index (χ3n) is 2.59. The standard InChI is InChI=1S/C10H14N4/c1-3-6(2)8-5-4-7-9(11)13-14-10(7)12-8/h4-6H,3H2,1-2H3,(H3,11,12,13,14). The van der Waals surface area contributed by atoms with Gasteiger partial charge in [0.2, 0.25) is 0 Å². The van der Waals surface area contributed by atoms with Crippen LogP contribution in [0.1, 0.15) is 31.9 Å². The van der Waals surface area contributed by atoms with Crippen molar-refractivity contribution >= 4 is 16.9 Å². The average molecular weight is 190 g/mol. The van der Waals surface area contributed by atoms with Crippen molar-refractivity contribution < 1.29 is 0 Å². The molecule has 1 unspecified atom stereocenters. The van der Waals surface area contributed by atoms with E-state index < -0.39 is 0 Å². The molecule has 2 aromatic heterocycles. The highest BCUT2D eigenvalue weighted by molar-refractivity contribution is 5.85. The largest absolute Gasteiger partial charge is 0.384 e. The minimum Gasteiger partial charge on any atom is -0.384 e. The number of nitrogens with one attached hydrogen (secondary N) is 1.